The second kappa shape index (κ2) is 9.16. The summed E-state index contributed by atoms with van der Waals surface area (Å²) < 4.78 is 17.5. The summed E-state index contributed by atoms with van der Waals surface area (Å²) in [4.78, 5) is 26.7. The summed E-state index contributed by atoms with van der Waals surface area (Å²) in [5, 5.41) is 0.0731. The lowest BCUT2D eigenvalue weighted by Crippen LogP contribution is -2.49. The maximum Gasteiger partial charge on any atom is 0.410 e. The fourth-order valence-electron chi connectivity index (χ4n) is 3.09. The Labute approximate surface area is 172 Å². The molecule has 0 aliphatic carbocycles. The monoisotopic (exact) mass is 415 g/mol. The van der Waals surface area contributed by atoms with Crippen LogP contribution in [-0.4, -0.2) is 56.2 Å². The van der Waals surface area contributed by atoms with Crippen LogP contribution in [0.4, 0.5) is 4.79 Å². The topological polar surface area (TPSA) is 65.1 Å². The van der Waals surface area contributed by atoms with Crippen molar-refractivity contribution >= 4 is 20.4 Å². The van der Waals surface area contributed by atoms with Gasteiger partial charge < -0.3 is 18.8 Å². The van der Waals surface area contributed by atoms with Gasteiger partial charge >= 0.3 is 12.1 Å². The molecule has 1 rings (SSSR count). The number of esters is 1. The predicted octanol–water partition coefficient (Wildman–Crippen LogP) is 4.98. The fourth-order valence-corrected chi connectivity index (χ4v) is 4.47. The zero-order valence-electron chi connectivity index (χ0n) is 19.5. The Kier molecular flexibility index (Phi) is 8.16. The van der Waals surface area contributed by atoms with Crippen LogP contribution in [0.1, 0.15) is 68.2 Å². The first-order valence-corrected chi connectivity index (χ1v) is 13.3. The van der Waals surface area contributed by atoms with E-state index in [0.717, 1.165) is 6.42 Å². The van der Waals surface area contributed by atoms with Crippen LogP contribution in [0.25, 0.3) is 0 Å². The van der Waals surface area contributed by atoms with Crippen molar-refractivity contribution in [2.45, 2.75) is 104 Å². The Morgan fingerprint density at radius 1 is 1.14 bits per heavy atom. The van der Waals surface area contributed by atoms with Gasteiger partial charge in [0.1, 0.15) is 5.60 Å². The van der Waals surface area contributed by atoms with Gasteiger partial charge in [-0.2, -0.15) is 0 Å². The Hall–Kier alpha value is -1.08. The quantitative estimate of drug-likeness (QED) is 0.452. The van der Waals surface area contributed by atoms with Crippen LogP contribution in [0.2, 0.25) is 18.1 Å². The van der Waals surface area contributed by atoms with E-state index in [2.05, 4.69) is 33.9 Å². The van der Waals surface area contributed by atoms with Crippen LogP contribution >= 0.6 is 0 Å². The summed E-state index contributed by atoms with van der Waals surface area (Å²) in [6, 6.07) is -0.191. The van der Waals surface area contributed by atoms with Gasteiger partial charge in [-0.1, -0.05) is 27.7 Å². The van der Waals surface area contributed by atoms with Crippen molar-refractivity contribution in [2.24, 2.45) is 5.92 Å². The van der Waals surface area contributed by atoms with Gasteiger partial charge in [-0.15, -0.1) is 0 Å². The van der Waals surface area contributed by atoms with E-state index < -0.39 is 13.9 Å². The van der Waals surface area contributed by atoms with Gasteiger partial charge in [-0.25, -0.2) is 4.79 Å². The number of amides is 1. The first-order valence-electron chi connectivity index (χ1n) is 10.4. The Bertz CT molecular complexity index is 550. The number of nitrogens with zero attached hydrogens (tertiary/aromatic N) is 1. The maximum atomic E-state index is 12.8. The molecule has 1 unspecified atom stereocenters. The van der Waals surface area contributed by atoms with Crippen LogP contribution in [0.15, 0.2) is 0 Å². The second-order valence-electron chi connectivity index (χ2n) is 10.3. The van der Waals surface area contributed by atoms with Gasteiger partial charge in [0, 0.05) is 6.54 Å². The molecule has 0 radical (unpaired) electrons. The number of carbonyl (C=O) groups excluding carboxylic acids is 2. The van der Waals surface area contributed by atoms with Crippen LogP contribution in [0.3, 0.4) is 0 Å². The van der Waals surface area contributed by atoms with Crippen molar-refractivity contribution in [1.82, 2.24) is 4.90 Å². The van der Waals surface area contributed by atoms with Gasteiger partial charge in [0.25, 0.3) is 0 Å². The van der Waals surface area contributed by atoms with Gasteiger partial charge in [-0.3, -0.25) is 4.79 Å². The Balaban J connectivity index is 3.05. The van der Waals surface area contributed by atoms with E-state index in [1.165, 1.54) is 0 Å². The molecule has 0 saturated carbocycles. The molecule has 1 saturated heterocycles. The minimum Gasteiger partial charge on any atom is -0.466 e. The molecule has 28 heavy (non-hydrogen) atoms. The molecular formula is C21H41NO5Si. The highest BCUT2D eigenvalue weighted by Crippen LogP contribution is 2.40. The highest BCUT2D eigenvalue weighted by Gasteiger charge is 2.46. The van der Waals surface area contributed by atoms with E-state index in [1.807, 2.05) is 27.7 Å². The van der Waals surface area contributed by atoms with E-state index in [9.17, 15) is 9.59 Å². The number of ether oxygens (including phenoxy) is 2. The molecule has 164 valence electrons. The van der Waals surface area contributed by atoms with Crippen LogP contribution in [-0.2, 0) is 18.7 Å². The SMILES string of the molecule is CCOC(=O)C(C)C[C@@H]1[C@@H](O[Si](C)(C)C(C)(C)C)CCN1C(=O)OC(C)(C)C. The van der Waals surface area contributed by atoms with Gasteiger partial charge in [-0.05, 0) is 58.7 Å². The average Bonchev–Trinajstić information content (AvgIpc) is 2.86. The van der Waals surface area contributed by atoms with Crippen molar-refractivity contribution in [2.75, 3.05) is 13.2 Å². The maximum absolute atomic E-state index is 12.8. The molecular weight excluding hydrogens is 374 g/mol. The molecule has 0 spiro atoms. The van der Waals surface area contributed by atoms with Crippen molar-refractivity contribution in [3.8, 4) is 0 Å². The highest BCUT2D eigenvalue weighted by molar-refractivity contribution is 6.74. The van der Waals surface area contributed by atoms with Crippen molar-refractivity contribution in [3.63, 3.8) is 0 Å². The van der Waals surface area contributed by atoms with E-state index >= 15 is 0 Å². The van der Waals surface area contributed by atoms with Gasteiger partial charge in [0.05, 0.1) is 24.7 Å². The third kappa shape index (κ3) is 6.76. The highest BCUT2D eigenvalue weighted by atomic mass is 28.4. The van der Waals surface area contributed by atoms with Gasteiger partial charge in [0.15, 0.2) is 8.32 Å². The zero-order valence-corrected chi connectivity index (χ0v) is 20.5. The largest absolute Gasteiger partial charge is 0.466 e. The lowest BCUT2D eigenvalue weighted by Gasteiger charge is -2.40. The molecule has 0 aromatic rings. The van der Waals surface area contributed by atoms with Gasteiger partial charge in [0.2, 0.25) is 0 Å². The first kappa shape index (κ1) is 25.0. The van der Waals surface area contributed by atoms with E-state index in [4.69, 9.17) is 13.9 Å². The summed E-state index contributed by atoms with van der Waals surface area (Å²) in [6.45, 7) is 21.2. The molecule has 0 bridgehead atoms. The number of hydrogen-bond donors (Lipinski definition) is 0. The fraction of sp³-hybridized carbons (Fsp3) is 0.905. The molecule has 0 N–H and O–H groups in total. The molecule has 1 aliphatic heterocycles. The average molecular weight is 416 g/mol. The molecule has 6 nitrogen and oxygen atoms in total. The van der Waals surface area contributed by atoms with E-state index in [0.29, 0.717) is 19.6 Å². The lowest BCUT2D eigenvalue weighted by molar-refractivity contribution is -0.148. The van der Waals surface area contributed by atoms with Crippen molar-refractivity contribution in [3.05, 3.63) is 0 Å². The molecule has 1 aliphatic rings. The number of hydrogen-bond acceptors (Lipinski definition) is 5. The molecule has 3 atom stereocenters. The summed E-state index contributed by atoms with van der Waals surface area (Å²) in [5.41, 5.74) is -0.563. The minimum atomic E-state index is -2.01. The Morgan fingerprint density at radius 2 is 1.71 bits per heavy atom. The normalized spacial score (nSPS) is 22.1. The number of rotatable bonds is 6. The third-order valence-corrected chi connectivity index (χ3v) is 10.2. The molecule has 1 amide bonds. The predicted molar refractivity (Wildman–Crippen MR) is 114 cm³/mol. The smallest absolute Gasteiger partial charge is 0.410 e. The second-order valence-corrected chi connectivity index (χ2v) is 15.1. The van der Waals surface area contributed by atoms with Crippen LogP contribution < -0.4 is 0 Å². The number of carbonyl (C=O) groups is 2. The lowest BCUT2D eigenvalue weighted by atomic mass is 9.98. The number of likely N-dealkylation sites (tertiary alicyclic amines) is 1. The Morgan fingerprint density at radius 3 is 2.18 bits per heavy atom. The van der Waals surface area contributed by atoms with E-state index in [-0.39, 0.29) is 35.2 Å². The molecule has 1 heterocycles. The molecule has 7 heteroatoms. The van der Waals surface area contributed by atoms with Crippen LogP contribution in [0.5, 0.6) is 0 Å². The first-order chi connectivity index (χ1) is 12.6. The standard InChI is InChI=1S/C21H41NO5Si/c1-11-25-18(23)15(2)14-16-17(27-28(9,10)21(6,7)8)12-13-22(16)19(24)26-20(3,4)5/h15-17H,11-14H2,1-10H3/t15?,16-,17+/m1/s1. The summed E-state index contributed by atoms with van der Waals surface area (Å²) in [7, 11) is -2.01. The van der Waals surface area contributed by atoms with Crippen LogP contribution in [0, 0.1) is 5.92 Å². The third-order valence-electron chi connectivity index (χ3n) is 5.65. The molecule has 0 aromatic carbocycles. The molecule has 1 fully saturated rings. The minimum absolute atomic E-state index is 0.0731. The zero-order chi connectivity index (χ0) is 21.9. The summed E-state index contributed by atoms with van der Waals surface area (Å²) >= 11 is 0. The molecule has 0 aromatic heterocycles. The van der Waals surface area contributed by atoms with Crippen molar-refractivity contribution in [1.29, 1.82) is 0 Å². The summed E-state index contributed by atoms with van der Waals surface area (Å²) in [6.07, 6.45) is 0.837. The summed E-state index contributed by atoms with van der Waals surface area (Å²) in [5.74, 6) is -0.539. The van der Waals surface area contributed by atoms with Crippen molar-refractivity contribution < 1.29 is 23.5 Å². The van der Waals surface area contributed by atoms with E-state index in [1.54, 1.807) is 11.8 Å².